The van der Waals surface area contributed by atoms with Crippen LogP contribution in [0.4, 0.5) is 28.4 Å². The number of nitrogens with zero attached hydrogens (tertiary/aromatic N) is 2. The fraction of sp³-hybridized carbons (Fsp3) is 0.0256. The molecule has 0 aliphatic rings. The lowest BCUT2D eigenvalue weighted by molar-refractivity contribution is 1.20. The van der Waals surface area contributed by atoms with Gasteiger partial charge in [0.1, 0.15) is 0 Å². The van der Waals surface area contributed by atoms with Crippen molar-refractivity contribution in [2.75, 3.05) is 16.8 Å². The van der Waals surface area contributed by atoms with E-state index in [4.69, 9.17) is 0 Å². The molecule has 41 heavy (non-hydrogen) atoms. The van der Waals surface area contributed by atoms with Crippen molar-refractivity contribution in [1.82, 2.24) is 0 Å². The quantitative estimate of drug-likeness (QED) is 0.219. The first kappa shape index (κ1) is 25.9. The van der Waals surface area contributed by atoms with Gasteiger partial charge in [-0.25, -0.2) is 0 Å². The molecule has 7 aromatic carbocycles. The van der Waals surface area contributed by atoms with Crippen LogP contribution in [0.2, 0.25) is 0 Å². The Hall–Kier alpha value is -5.34. The van der Waals surface area contributed by atoms with Crippen molar-refractivity contribution in [2.24, 2.45) is 0 Å². The molecule has 0 radical (unpaired) electrons. The average Bonchev–Trinajstić information content (AvgIpc) is 3.06. The summed E-state index contributed by atoms with van der Waals surface area (Å²) in [7, 11) is 2.11. The highest BCUT2D eigenvalue weighted by Gasteiger charge is 2.14. The standard InChI is InChI=1S/C29H24N2.C10H8/c1-30(25-13-4-2-5-14-25)27-17-10-18-28(22-27)31(26-15-6-3-7-16-26)29-20-19-23-11-8-9-12-24(23)21-29;1-2-6-10-8-4-3-7-9(10)5-1/h2-22H,1H3;1-8H. The van der Waals surface area contributed by atoms with E-state index in [0.29, 0.717) is 0 Å². The molecule has 0 amide bonds. The summed E-state index contributed by atoms with van der Waals surface area (Å²) in [6.07, 6.45) is 0. The highest BCUT2D eigenvalue weighted by Crippen LogP contribution is 2.38. The van der Waals surface area contributed by atoms with Crippen molar-refractivity contribution in [3.05, 3.63) is 176 Å². The summed E-state index contributed by atoms with van der Waals surface area (Å²) in [5, 5.41) is 5.10. The highest BCUT2D eigenvalue weighted by atomic mass is 15.2. The molecule has 0 atom stereocenters. The lowest BCUT2D eigenvalue weighted by Crippen LogP contribution is -2.12. The van der Waals surface area contributed by atoms with E-state index >= 15 is 0 Å². The number of fused-ring (bicyclic) bond motifs is 2. The lowest BCUT2D eigenvalue weighted by Gasteiger charge is -2.27. The first-order chi connectivity index (χ1) is 20.3. The summed E-state index contributed by atoms with van der Waals surface area (Å²) < 4.78 is 0. The van der Waals surface area contributed by atoms with E-state index in [1.165, 1.54) is 21.5 Å². The minimum atomic E-state index is 1.13. The molecule has 0 spiro atoms. The van der Waals surface area contributed by atoms with E-state index in [1.807, 2.05) is 6.07 Å². The van der Waals surface area contributed by atoms with E-state index in [-0.39, 0.29) is 0 Å². The second kappa shape index (κ2) is 12.2. The molecule has 0 aromatic heterocycles. The molecule has 0 fully saturated rings. The number of hydrogen-bond donors (Lipinski definition) is 0. The molecule has 7 rings (SSSR count). The maximum absolute atomic E-state index is 2.31. The second-order valence-electron chi connectivity index (χ2n) is 9.96. The normalized spacial score (nSPS) is 10.6. The highest BCUT2D eigenvalue weighted by molar-refractivity contribution is 5.89. The fourth-order valence-electron chi connectivity index (χ4n) is 5.11. The van der Waals surface area contributed by atoms with Crippen LogP contribution in [-0.4, -0.2) is 7.05 Å². The predicted octanol–water partition coefficient (Wildman–Crippen LogP) is 10.9. The smallest absolute Gasteiger partial charge is 0.0482 e. The molecule has 0 aliphatic carbocycles. The maximum Gasteiger partial charge on any atom is 0.0482 e. The van der Waals surface area contributed by atoms with Crippen LogP contribution in [-0.2, 0) is 0 Å². The second-order valence-corrected chi connectivity index (χ2v) is 9.96. The van der Waals surface area contributed by atoms with E-state index in [1.54, 1.807) is 0 Å². The molecular formula is C39H32N2. The van der Waals surface area contributed by atoms with Gasteiger partial charge in [0.2, 0.25) is 0 Å². The van der Waals surface area contributed by atoms with Crippen LogP contribution >= 0.6 is 0 Å². The first-order valence-corrected chi connectivity index (χ1v) is 13.9. The summed E-state index contributed by atoms with van der Waals surface area (Å²) >= 11 is 0. The van der Waals surface area contributed by atoms with Gasteiger partial charge in [-0.3, -0.25) is 0 Å². The van der Waals surface area contributed by atoms with Crippen molar-refractivity contribution < 1.29 is 0 Å². The molecule has 0 saturated heterocycles. The monoisotopic (exact) mass is 528 g/mol. The first-order valence-electron chi connectivity index (χ1n) is 13.9. The SMILES string of the molecule is CN(c1ccccc1)c1cccc(N(c2ccccc2)c2ccc3ccccc3c2)c1.c1ccc2ccccc2c1. The number of anilines is 5. The molecule has 198 valence electrons. The fourth-order valence-corrected chi connectivity index (χ4v) is 5.11. The van der Waals surface area contributed by atoms with Crippen LogP contribution < -0.4 is 9.80 Å². The molecule has 7 aromatic rings. The summed E-state index contributed by atoms with van der Waals surface area (Å²) in [4.78, 5) is 4.53. The third-order valence-corrected chi connectivity index (χ3v) is 7.28. The van der Waals surface area contributed by atoms with Gasteiger partial charge in [0, 0.05) is 35.5 Å². The van der Waals surface area contributed by atoms with Gasteiger partial charge >= 0.3 is 0 Å². The van der Waals surface area contributed by atoms with Crippen LogP contribution in [0, 0.1) is 0 Å². The van der Waals surface area contributed by atoms with Crippen molar-refractivity contribution in [3.63, 3.8) is 0 Å². The molecule has 0 aliphatic heterocycles. The Balaban J connectivity index is 0.000000253. The average molecular weight is 529 g/mol. The number of benzene rings is 7. The Kier molecular flexibility index (Phi) is 7.73. The van der Waals surface area contributed by atoms with Crippen LogP contribution in [0.5, 0.6) is 0 Å². The zero-order valence-electron chi connectivity index (χ0n) is 23.1. The minimum Gasteiger partial charge on any atom is -0.345 e. The maximum atomic E-state index is 2.31. The number of hydrogen-bond acceptors (Lipinski definition) is 2. The minimum absolute atomic E-state index is 1.13. The van der Waals surface area contributed by atoms with Gasteiger partial charge in [-0.15, -0.1) is 0 Å². The Morgan fingerprint density at radius 1 is 0.293 bits per heavy atom. The summed E-state index contributed by atoms with van der Waals surface area (Å²) in [6.45, 7) is 0. The predicted molar refractivity (Wildman–Crippen MR) is 177 cm³/mol. The molecule has 2 heteroatoms. The van der Waals surface area contributed by atoms with Gasteiger partial charge in [0.05, 0.1) is 0 Å². The van der Waals surface area contributed by atoms with Gasteiger partial charge in [0.15, 0.2) is 0 Å². The van der Waals surface area contributed by atoms with E-state index in [2.05, 4.69) is 187 Å². The third kappa shape index (κ3) is 5.98. The molecule has 0 unspecified atom stereocenters. The van der Waals surface area contributed by atoms with Crippen LogP contribution in [0.1, 0.15) is 0 Å². The lowest BCUT2D eigenvalue weighted by atomic mass is 10.1. The molecular weight excluding hydrogens is 496 g/mol. The summed E-state index contributed by atoms with van der Waals surface area (Å²) in [5.74, 6) is 0. The van der Waals surface area contributed by atoms with Crippen molar-refractivity contribution in [1.29, 1.82) is 0 Å². The molecule has 2 nitrogen and oxygen atoms in total. The van der Waals surface area contributed by atoms with Crippen LogP contribution in [0.15, 0.2) is 176 Å². The van der Waals surface area contributed by atoms with Gasteiger partial charge in [-0.05, 0) is 76.1 Å². The summed E-state index contributed by atoms with van der Waals surface area (Å²) in [5.41, 5.74) is 5.71. The molecule has 0 N–H and O–H groups in total. The topological polar surface area (TPSA) is 6.48 Å². The van der Waals surface area contributed by atoms with Crippen molar-refractivity contribution in [3.8, 4) is 0 Å². The Labute approximate surface area is 242 Å². The van der Waals surface area contributed by atoms with Crippen LogP contribution in [0.3, 0.4) is 0 Å². The number of rotatable bonds is 5. The van der Waals surface area contributed by atoms with Crippen molar-refractivity contribution in [2.45, 2.75) is 0 Å². The van der Waals surface area contributed by atoms with Gasteiger partial charge in [-0.1, -0.05) is 121 Å². The van der Waals surface area contributed by atoms with E-state index in [9.17, 15) is 0 Å². The van der Waals surface area contributed by atoms with Gasteiger partial charge in [0.25, 0.3) is 0 Å². The van der Waals surface area contributed by atoms with Gasteiger partial charge < -0.3 is 9.80 Å². The Morgan fingerprint density at radius 3 is 1.29 bits per heavy atom. The third-order valence-electron chi connectivity index (χ3n) is 7.28. The zero-order valence-corrected chi connectivity index (χ0v) is 23.1. The molecule has 0 bridgehead atoms. The zero-order chi connectivity index (χ0) is 27.9. The summed E-state index contributed by atoms with van der Waals surface area (Å²) in [6, 6.07) is 61.5. The van der Waals surface area contributed by atoms with Crippen molar-refractivity contribution >= 4 is 50.0 Å². The van der Waals surface area contributed by atoms with E-state index in [0.717, 1.165) is 28.4 Å². The van der Waals surface area contributed by atoms with E-state index < -0.39 is 0 Å². The molecule has 0 heterocycles. The largest absolute Gasteiger partial charge is 0.345 e. The Bertz CT molecular complexity index is 1800. The molecule has 0 saturated carbocycles. The van der Waals surface area contributed by atoms with Gasteiger partial charge in [-0.2, -0.15) is 0 Å². The number of para-hydroxylation sites is 2. The Morgan fingerprint density at radius 2 is 0.707 bits per heavy atom. The van der Waals surface area contributed by atoms with Crippen LogP contribution in [0.25, 0.3) is 21.5 Å².